The number of nitrogens with one attached hydrogen (secondary N) is 1. The molecule has 27 heavy (non-hydrogen) atoms. The van der Waals surface area contributed by atoms with Crippen molar-refractivity contribution in [2.45, 2.75) is 33.1 Å². The zero-order chi connectivity index (χ0) is 19.6. The molecule has 5 nitrogen and oxygen atoms in total. The standard InChI is InChI=1S/C21H24ClNO4/c1-3-5-6-15-7-9-17(10-8-15)23-20(25)14-27-21-18(22)11-16(13-24)12-19(21)26-4-2/h7-13H,3-6,14H2,1-2H3,(H,23,25). The second-order valence-electron chi connectivity index (χ2n) is 6.02. The summed E-state index contributed by atoms with van der Waals surface area (Å²) >= 11 is 6.16. The van der Waals surface area contributed by atoms with Crippen molar-refractivity contribution in [3.05, 3.63) is 52.5 Å². The quantitative estimate of drug-likeness (QED) is 0.586. The number of unbranched alkanes of at least 4 members (excludes halogenated alkanes) is 1. The summed E-state index contributed by atoms with van der Waals surface area (Å²) in [5, 5.41) is 3.00. The van der Waals surface area contributed by atoms with E-state index in [1.807, 2.05) is 31.2 Å². The van der Waals surface area contributed by atoms with Crippen LogP contribution in [-0.4, -0.2) is 25.4 Å². The van der Waals surface area contributed by atoms with Crippen molar-refractivity contribution in [1.82, 2.24) is 0 Å². The highest BCUT2D eigenvalue weighted by molar-refractivity contribution is 6.32. The van der Waals surface area contributed by atoms with Gasteiger partial charge in [-0.1, -0.05) is 37.1 Å². The summed E-state index contributed by atoms with van der Waals surface area (Å²) in [4.78, 5) is 23.1. The van der Waals surface area contributed by atoms with Crippen LogP contribution in [0, 0.1) is 0 Å². The number of ether oxygens (including phenoxy) is 2. The van der Waals surface area contributed by atoms with Gasteiger partial charge in [0.1, 0.15) is 6.29 Å². The van der Waals surface area contributed by atoms with Crippen LogP contribution in [0.5, 0.6) is 11.5 Å². The highest BCUT2D eigenvalue weighted by Crippen LogP contribution is 2.36. The minimum absolute atomic E-state index is 0.219. The van der Waals surface area contributed by atoms with Crippen molar-refractivity contribution in [2.24, 2.45) is 0 Å². The van der Waals surface area contributed by atoms with Gasteiger partial charge >= 0.3 is 0 Å². The molecule has 0 atom stereocenters. The van der Waals surface area contributed by atoms with Gasteiger partial charge in [-0.25, -0.2) is 0 Å². The SMILES string of the molecule is CCCCc1ccc(NC(=O)COc2c(Cl)cc(C=O)cc2OCC)cc1. The van der Waals surface area contributed by atoms with Crippen molar-refractivity contribution >= 4 is 29.5 Å². The topological polar surface area (TPSA) is 64.6 Å². The molecule has 2 aromatic rings. The summed E-state index contributed by atoms with van der Waals surface area (Å²) in [5.41, 5.74) is 2.33. The lowest BCUT2D eigenvalue weighted by Gasteiger charge is -2.14. The summed E-state index contributed by atoms with van der Waals surface area (Å²) in [6, 6.07) is 10.8. The molecule has 6 heteroatoms. The van der Waals surface area contributed by atoms with E-state index in [2.05, 4.69) is 12.2 Å². The van der Waals surface area contributed by atoms with Gasteiger partial charge in [0, 0.05) is 11.3 Å². The number of aldehydes is 1. The first-order chi connectivity index (χ1) is 13.1. The average Bonchev–Trinajstić information content (AvgIpc) is 2.66. The molecular formula is C21H24ClNO4. The molecule has 1 N–H and O–H groups in total. The molecule has 0 aromatic heterocycles. The van der Waals surface area contributed by atoms with Gasteiger partial charge in [0.15, 0.2) is 18.1 Å². The number of rotatable bonds is 10. The Bertz CT molecular complexity index is 774. The van der Waals surface area contributed by atoms with Gasteiger partial charge in [-0.05, 0) is 49.6 Å². The monoisotopic (exact) mass is 389 g/mol. The Morgan fingerprint density at radius 3 is 2.52 bits per heavy atom. The number of hydrogen-bond acceptors (Lipinski definition) is 4. The largest absolute Gasteiger partial charge is 0.490 e. The Labute approximate surface area is 164 Å². The number of benzene rings is 2. The number of hydrogen-bond donors (Lipinski definition) is 1. The fraction of sp³-hybridized carbons (Fsp3) is 0.333. The van der Waals surface area contributed by atoms with Crippen LogP contribution >= 0.6 is 11.6 Å². The van der Waals surface area contributed by atoms with Crippen LogP contribution in [0.2, 0.25) is 5.02 Å². The summed E-state index contributed by atoms with van der Waals surface area (Å²) in [7, 11) is 0. The molecule has 0 spiro atoms. The van der Waals surface area contributed by atoms with E-state index in [4.69, 9.17) is 21.1 Å². The van der Waals surface area contributed by atoms with Crippen LogP contribution in [0.3, 0.4) is 0 Å². The van der Waals surface area contributed by atoms with E-state index in [0.29, 0.717) is 29.9 Å². The molecule has 0 heterocycles. The number of anilines is 1. The fourth-order valence-electron chi connectivity index (χ4n) is 2.53. The van der Waals surface area contributed by atoms with Crippen molar-refractivity contribution in [2.75, 3.05) is 18.5 Å². The van der Waals surface area contributed by atoms with Crippen molar-refractivity contribution < 1.29 is 19.1 Å². The van der Waals surface area contributed by atoms with Crippen LogP contribution in [0.25, 0.3) is 0 Å². The van der Waals surface area contributed by atoms with E-state index in [1.54, 1.807) is 0 Å². The molecule has 0 aliphatic rings. The maximum Gasteiger partial charge on any atom is 0.262 e. The molecule has 144 valence electrons. The van der Waals surface area contributed by atoms with Crippen LogP contribution < -0.4 is 14.8 Å². The van der Waals surface area contributed by atoms with Gasteiger partial charge in [-0.3, -0.25) is 9.59 Å². The number of carbonyl (C=O) groups is 2. The first-order valence-electron chi connectivity index (χ1n) is 9.00. The molecular weight excluding hydrogens is 366 g/mol. The van der Waals surface area contributed by atoms with Gasteiger partial charge in [-0.15, -0.1) is 0 Å². The molecule has 2 rings (SSSR count). The van der Waals surface area contributed by atoms with Crippen LogP contribution in [-0.2, 0) is 11.2 Å². The third-order valence-corrected chi connectivity index (χ3v) is 4.15. The molecule has 0 bridgehead atoms. The number of halogens is 1. The van der Waals surface area contributed by atoms with E-state index < -0.39 is 0 Å². The van der Waals surface area contributed by atoms with Crippen LogP contribution in [0.1, 0.15) is 42.6 Å². The molecule has 0 aliphatic heterocycles. The third-order valence-electron chi connectivity index (χ3n) is 3.87. The predicted octanol–water partition coefficient (Wildman–Crippen LogP) is 4.91. The summed E-state index contributed by atoms with van der Waals surface area (Å²) in [6.07, 6.45) is 4.00. The maximum absolute atomic E-state index is 12.2. The molecule has 0 saturated heterocycles. The predicted molar refractivity (Wildman–Crippen MR) is 107 cm³/mol. The van der Waals surface area contributed by atoms with E-state index in [-0.39, 0.29) is 23.3 Å². The molecule has 0 unspecified atom stereocenters. The Morgan fingerprint density at radius 2 is 1.89 bits per heavy atom. The van der Waals surface area contributed by atoms with Crippen molar-refractivity contribution in [3.63, 3.8) is 0 Å². The fourth-order valence-corrected chi connectivity index (χ4v) is 2.80. The summed E-state index contributed by atoms with van der Waals surface area (Å²) in [5.74, 6) is 0.267. The maximum atomic E-state index is 12.2. The zero-order valence-corrected chi connectivity index (χ0v) is 16.3. The molecule has 1 amide bonds. The smallest absolute Gasteiger partial charge is 0.262 e. The molecule has 0 radical (unpaired) electrons. The van der Waals surface area contributed by atoms with Gasteiger partial charge in [0.25, 0.3) is 5.91 Å². The highest BCUT2D eigenvalue weighted by Gasteiger charge is 2.14. The number of carbonyl (C=O) groups excluding carboxylic acids is 2. The molecule has 0 saturated carbocycles. The van der Waals surface area contributed by atoms with E-state index in [0.717, 1.165) is 19.3 Å². The van der Waals surface area contributed by atoms with E-state index >= 15 is 0 Å². The highest BCUT2D eigenvalue weighted by atomic mass is 35.5. The second-order valence-corrected chi connectivity index (χ2v) is 6.43. The zero-order valence-electron chi connectivity index (χ0n) is 15.6. The first-order valence-corrected chi connectivity index (χ1v) is 9.38. The third kappa shape index (κ3) is 6.29. The molecule has 2 aromatic carbocycles. The van der Waals surface area contributed by atoms with Crippen LogP contribution in [0.15, 0.2) is 36.4 Å². The Kier molecular flexibility index (Phi) is 8.14. The van der Waals surface area contributed by atoms with Crippen molar-refractivity contribution in [3.8, 4) is 11.5 Å². The molecule has 0 fully saturated rings. The first kappa shape index (κ1) is 20.8. The van der Waals surface area contributed by atoms with Gasteiger partial charge < -0.3 is 14.8 Å². The Hall–Kier alpha value is -2.53. The lowest BCUT2D eigenvalue weighted by Crippen LogP contribution is -2.20. The number of amides is 1. The minimum atomic E-state index is -0.311. The van der Waals surface area contributed by atoms with E-state index in [9.17, 15) is 9.59 Å². The van der Waals surface area contributed by atoms with Crippen LogP contribution in [0.4, 0.5) is 5.69 Å². The van der Waals surface area contributed by atoms with Crippen molar-refractivity contribution in [1.29, 1.82) is 0 Å². The molecule has 0 aliphatic carbocycles. The normalized spacial score (nSPS) is 10.3. The lowest BCUT2D eigenvalue weighted by atomic mass is 10.1. The lowest BCUT2D eigenvalue weighted by molar-refractivity contribution is -0.118. The van der Waals surface area contributed by atoms with E-state index in [1.165, 1.54) is 17.7 Å². The Balaban J connectivity index is 1.98. The Morgan fingerprint density at radius 1 is 1.15 bits per heavy atom. The number of aryl methyl sites for hydroxylation is 1. The van der Waals surface area contributed by atoms with Gasteiger partial charge in [-0.2, -0.15) is 0 Å². The second kappa shape index (κ2) is 10.6. The minimum Gasteiger partial charge on any atom is -0.490 e. The average molecular weight is 390 g/mol. The van der Waals surface area contributed by atoms with Gasteiger partial charge in [0.2, 0.25) is 0 Å². The summed E-state index contributed by atoms with van der Waals surface area (Å²) < 4.78 is 11.0. The summed E-state index contributed by atoms with van der Waals surface area (Å²) in [6.45, 7) is 4.12. The van der Waals surface area contributed by atoms with Gasteiger partial charge in [0.05, 0.1) is 11.6 Å².